The Morgan fingerprint density at radius 3 is 2.81 bits per heavy atom. The van der Waals surface area contributed by atoms with E-state index in [1.165, 1.54) is 6.07 Å². The first-order chi connectivity index (χ1) is 7.61. The average Bonchev–Trinajstić information content (AvgIpc) is 2.63. The van der Waals surface area contributed by atoms with Crippen molar-refractivity contribution in [1.82, 2.24) is 9.55 Å². The molecule has 0 radical (unpaired) electrons. The normalized spacial score (nSPS) is 10.4. The minimum Gasteiger partial charge on any atom is -0.389 e. The van der Waals surface area contributed by atoms with Gasteiger partial charge in [-0.2, -0.15) is 0 Å². The Morgan fingerprint density at radius 2 is 2.25 bits per heavy atom. The monoisotopic (exact) mass is 235 g/mol. The van der Waals surface area contributed by atoms with Crippen LogP contribution in [0.3, 0.4) is 0 Å². The molecule has 82 valence electrons. The highest BCUT2D eigenvalue weighted by Crippen LogP contribution is 2.19. The summed E-state index contributed by atoms with van der Waals surface area (Å²) in [6.07, 6.45) is 3.38. The first-order valence-electron chi connectivity index (χ1n) is 4.70. The SMILES string of the molecule is Cc1nccn1-c1cccc(F)c1C(N)=S. The van der Waals surface area contributed by atoms with E-state index >= 15 is 0 Å². The molecule has 0 bridgehead atoms. The Morgan fingerprint density at radius 1 is 1.50 bits per heavy atom. The van der Waals surface area contributed by atoms with Crippen LogP contribution in [0.1, 0.15) is 11.4 Å². The van der Waals surface area contributed by atoms with Gasteiger partial charge in [-0.1, -0.05) is 18.3 Å². The smallest absolute Gasteiger partial charge is 0.135 e. The molecular formula is C11H10FN3S. The average molecular weight is 235 g/mol. The van der Waals surface area contributed by atoms with E-state index in [0.717, 1.165) is 5.82 Å². The van der Waals surface area contributed by atoms with Crippen molar-refractivity contribution < 1.29 is 4.39 Å². The number of imidazole rings is 1. The molecule has 16 heavy (non-hydrogen) atoms. The third-order valence-electron chi connectivity index (χ3n) is 2.32. The van der Waals surface area contributed by atoms with E-state index in [4.69, 9.17) is 18.0 Å². The zero-order valence-corrected chi connectivity index (χ0v) is 9.46. The van der Waals surface area contributed by atoms with Crippen molar-refractivity contribution in [3.05, 3.63) is 47.8 Å². The Kier molecular flexibility index (Phi) is 2.70. The Bertz CT molecular complexity index is 548. The van der Waals surface area contributed by atoms with Crippen molar-refractivity contribution in [2.75, 3.05) is 0 Å². The third-order valence-corrected chi connectivity index (χ3v) is 2.53. The number of rotatable bonds is 2. The number of nitrogens with two attached hydrogens (primary N) is 1. The fraction of sp³-hybridized carbons (Fsp3) is 0.0909. The summed E-state index contributed by atoms with van der Waals surface area (Å²) >= 11 is 4.86. The summed E-state index contributed by atoms with van der Waals surface area (Å²) in [5, 5.41) is 0. The van der Waals surface area contributed by atoms with Crippen molar-refractivity contribution in [2.24, 2.45) is 5.73 Å². The number of hydrogen-bond donors (Lipinski definition) is 1. The fourth-order valence-electron chi connectivity index (χ4n) is 1.59. The maximum absolute atomic E-state index is 13.6. The van der Waals surface area contributed by atoms with Gasteiger partial charge >= 0.3 is 0 Å². The van der Waals surface area contributed by atoms with E-state index in [9.17, 15) is 4.39 Å². The van der Waals surface area contributed by atoms with Crippen molar-refractivity contribution in [3.63, 3.8) is 0 Å². The maximum atomic E-state index is 13.6. The highest BCUT2D eigenvalue weighted by molar-refractivity contribution is 7.80. The Balaban J connectivity index is 2.70. The summed E-state index contributed by atoms with van der Waals surface area (Å²) in [4.78, 5) is 4.12. The van der Waals surface area contributed by atoms with Gasteiger partial charge < -0.3 is 10.3 Å². The molecule has 1 heterocycles. The van der Waals surface area contributed by atoms with Crippen LogP contribution in [0.5, 0.6) is 0 Å². The lowest BCUT2D eigenvalue weighted by molar-refractivity contribution is 0.624. The molecule has 0 aliphatic carbocycles. The van der Waals surface area contributed by atoms with Crippen LogP contribution in [-0.4, -0.2) is 14.5 Å². The van der Waals surface area contributed by atoms with Gasteiger partial charge in [-0.05, 0) is 19.1 Å². The molecule has 0 atom stereocenters. The largest absolute Gasteiger partial charge is 0.389 e. The molecule has 2 rings (SSSR count). The van der Waals surface area contributed by atoms with Crippen molar-refractivity contribution in [1.29, 1.82) is 0 Å². The zero-order chi connectivity index (χ0) is 11.7. The number of nitrogens with zero attached hydrogens (tertiary/aromatic N) is 2. The quantitative estimate of drug-likeness (QED) is 0.809. The second kappa shape index (κ2) is 4.02. The molecule has 0 unspecified atom stereocenters. The van der Waals surface area contributed by atoms with Crippen molar-refractivity contribution >= 4 is 17.2 Å². The summed E-state index contributed by atoms with van der Waals surface area (Å²) in [6.45, 7) is 1.83. The topological polar surface area (TPSA) is 43.8 Å². The van der Waals surface area contributed by atoms with Gasteiger partial charge in [0.25, 0.3) is 0 Å². The molecule has 0 saturated carbocycles. The molecule has 0 aliphatic heterocycles. The number of halogens is 1. The van der Waals surface area contributed by atoms with Crippen molar-refractivity contribution in [3.8, 4) is 5.69 Å². The number of aryl methyl sites for hydroxylation is 1. The second-order valence-corrected chi connectivity index (χ2v) is 3.78. The zero-order valence-electron chi connectivity index (χ0n) is 8.64. The molecule has 0 amide bonds. The first-order valence-corrected chi connectivity index (χ1v) is 5.10. The third kappa shape index (κ3) is 1.69. The highest BCUT2D eigenvalue weighted by Gasteiger charge is 2.13. The first kappa shape index (κ1) is 10.8. The molecule has 5 heteroatoms. The van der Waals surface area contributed by atoms with Crippen molar-refractivity contribution in [2.45, 2.75) is 6.92 Å². The van der Waals surface area contributed by atoms with Crippen LogP contribution in [0, 0.1) is 12.7 Å². The minimum absolute atomic E-state index is 0.0428. The van der Waals surface area contributed by atoms with Gasteiger partial charge in [-0.25, -0.2) is 9.37 Å². The predicted octanol–water partition coefficient (Wildman–Crippen LogP) is 1.95. The van der Waals surface area contributed by atoms with E-state index in [2.05, 4.69) is 4.98 Å². The molecular weight excluding hydrogens is 225 g/mol. The number of aromatic nitrogens is 2. The van der Waals surface area contributed by atoms with Gasteiger partial charge in [0.05, 0.1) is 11.3 Å². The predicted molar refractivity (Wildman–Crippen MR) is 64.1 cm³/mol. The van der Waals surface area contributed by atoms with E-state index in [1.54, 1.807) is 29.1 Å². The lowest BCUT2D eigenvalue weighted by Crippen LogP contribution is -2.15. The standard InChI is InChI=1S/C11H10FN3S/c1-7-14-5-6-15(7)9-4-2-3-8(12)10(9)11(13)16/h2-6H,1H3,(H2,13,16). The van der Waals surface area contributed by atoms with Crippen LogP contribution in [0.25, 0.3) is 5.69 Å². The van der Waals surface area contributed by atoms with Crippen LogP contribution >= 0.6 is 12.2 Å². The Labute approximate surface area is 97.7 Å². The molecule has 2 N–H and O–H groups in total. The molecule has 0 spiro atoms. The number of benzene rings is 1. The molecule has 0 aliphatic rings. The molecule has 2 aromatic rings. The lowest BCUT2D eigenvalue weighted by atomic mass is 10.1. The molecule has 3 nitrogen and oxygen atoms in total. The van der Waals surface area contributed by atoms with Crippen LogP contribution in [0.2, 0.25) is 0 Å². The van der Waals surface area contributed by atoms with Gasteiger partial charge in [0.15, 0.2) is 0 Å². The lowest BCUT2D eigenvalue weighted by Gasteiger charge is -2.11. The van der Waals surface area contributed by atoms with Crippen LogP contribution in [-0.2, 0) is 0 Å². The number of hydrogen-bond acceptors (Lipinski definition) is 2. The van der Waals surface area contributed by atoms with Crippen LogP contribution < -0.4 is 5.73 Å². The fourth-order valence-corrected chi connectivity index (χ4v) is 1.79. The summed E-state index contributed by atoms with van der Waals surface area (Å²) in [7, 11) is 0. The minimum atomic E-state index is -0.418. The molecule has 0 saturated heterocycles. The van der Waals surface area contributed by atoms with Crippen LogP contribution in [0.15, 0.2) is 30.6 Å². The maximum Gasteiger partial charge on any atom is 0.135 e. The van der Waals surface area contributed by atoms with E-state index in [0.29, 0.717) is 5.69 Å². The molecule has 0 fully saturated rings. The summed E-state index contributed by atoms with van der Waals surface area (Å²) in [5.74, 6) is 0.334. The van der Waals surface area contributed by atoms with E-state index in [1.807, 2.05) is 6.92 Å². The number of thiocarbonyl (C=S) groups is 1. The Hall–Kier alpha value is -1.75. The summed E-state index contributed by atoms with van der Waals surface area (Å²) < 4.78 is 15.4. The van der Waals surface area contributed by atoms with Gasteiger partial charge in [-0.3, -0.25) is 0 Å². The van der Waals surface area contributed by atoms with Crippen LogP contribution in [0.4, 0.5) is 4.39 Å². The second-order valence-electron chi connectivity index (χ2n) is 3.34. The summed E-state index contributed by atoms with van der Waals surface area (Å²) in [5.41, 5.74) is 6.39. The van der Waals surface area contributed by atoms with E-state index in [-0.39, 0.29) is 10.6 Å². The molecule has 1 aromatic heterocycles. The summed E-state index contributed by atoms with van der Waals surface area (Å²) in [6, 6.07) is 4.71. The van der Waals surface area contributed by atoms with Gasteiger partial charge in [0.1, 0.15) is 16.6 Å². The van der Waals surface area contributed by atoms with Gasteiger partial charge in [0, 0.05) is 12.4 Å². The van der Waals surface area contributed by atoms with Gasteiger partial charge in [0.2, 0.25) is 0 Å². The highest BCUT2D eigenvalue weighted by atomic mass is 32.1. The van der Waals surface area contributed by atoms with E-state index < -0.39 is 5.82 Å². The molecule has 1 aromatic carbocycles. The van der Waals surface area contributed by atoms with Gasteiger partial charge in [-0.15, -0.1) is 0 Å².